The molecule has 3 rings (SSSR count). The van der Waals surface area contributed by atoms with Gasteiger partial charge in [-0.05, 0) is 51.1 Å². The first-order valence-corrected chi connectivity index (χ1v) is 9.15. The molecule has 2 aromatic rings. The van der Waals surface area contributed by atoms with Crippen LogP contribution in [0.4, 0.5) is 13.2 Å². The Bertz CT molecular complexity index is 813. The van der Waals surface area contributed by atoms with E-state index in [9.17, 15) is 23.4 Å². The number of aliphatic hydroxyl groups is 2. The molecule has 1 saturated carbocycles. The van der Waals surface area contributed by atoms with Gasteiger partial charge in [-0.1, -0.05) is 12.1 Å². The maximum atomic E-state index is 13.0. The SMILES string of the molecule is CN(C)[C@@H]1C[C@@H](O)[C@H](CO)[C@H]1Cc1ccnc(-c2cccc(C(F)(F)F)c2)n1. The average Bonchev–Trinajstić information content (AvgIpc) is 2.97. The first-order chi connectivity index (χ1) is 13.2. The Morgan fingerprint density at radius 3 is 2.57 bits per heavy atom. The second kappa shape index (κ2) is 8.14. The van der Waals surface area contributed by atoms with Crippen LogP contribution in [0.5, 0.6) is 0 Å². The second-order valence-corrected chi connectivity index (χ2v) is 7.50. The smallest absolute Gasteiger partial charge is 0.396 e. The summed E-state index contributed by atoms with van der Waals surface area (Å²) >= 11 is 0. The molecule has 1 aromatic heterocycles. The summed E-state index contributed by atoms with van der Waals surface area (Å²) in [4.78, 5) is 10.6. The molecule has 5 nitrogen and oxygen atoms in total. The minimum atomic E-state index is -4.43. The normalized spacial score (nSPS) is 25.4. The largest absolute Gasteiger partial charge is 0.416 e. The van der Waals surface area contributed by atoms with E-state index in [1.165, 1.54) is 12.3 Å². The molecule has 152 valence electrons. The number of alkyl halides is 3. The summed E-state index contributed by atoms with van der Waals surface area (Å²) in [7, 11) is 3.86. The van der Waals surface area contributed by atoms with Gasteiger partial charge in [0.05, 0.1) is 11.7 Å². The van der Waals surface area contributed by atoms with Crippen LogP contribution in [-0.4, -0.2) is 57.9 Å². The van der Waals surface area contributed by atoms with Gasteiger partial charge in [0.25, 0.3) is 0 Å². The number of aromatic nitrogens is 2. The van der Waals surface area contributed by atoms with E-state index in [4.69, 9.17) is 0 Å². The van der Waals surface area contributed by atoms with Crippen molar-refractivity contribution in [1.29, 1.82) is 0 Å². The summed E-state index contributed by atoms with van der Waals surface area (Å²) in [6.45, 7) is -0.123. The highest BCUT2D eigenvalue weighted by Crippen LogP contribution is 2.37. The lowest BCUT2D eigenvalue weighted by Crippen LogP contribution is -2.35. The molecule has 0 radical (unpaired) electrons. The zero-order chi connectivity index (χ0) is 20.5. The van der Waals surface area contributed by atoms with E-state index in [0.717, 1.165) is 12.1 Å². The summed E-state index contributed by atoms with van der Waals surface area (Å²) in [5.41, 5.74) is 0.226. The van der Waals surface area contributed by atoms with Crippen LogP contribution in [0.25, 0.3) is 11.4 Å². The quantitative estimate of drug-likeness (QED) is 0.815. The Hall–Kier alpha value is -2.03. The summed E-state index contributed by atoms with van der Waals surface area (Å²) in [5.74, 6) is -0.0530. The van der Waals surface area contributed by atoms with Gasteiger partial charge in [0.2, 0.25) is 0 Å². The first kappa shape index (κ1) is 20.7. The standard InChI is InChI=1S/C20H24F3N3O2/c1-26(2)17-10-18(28)16(11-27)15(17)9-14-6-7-24-19(25-14)12-4-3-5-13(8-12)20(21,22)23/h3-8,15-18,27-28H,9-11H2,1-2H3/t15-,16-,17-,18-/m1/s1. The van der Waals surface area contributed by atoms with Crippen molar-refractivity contribution < 1.29 is 23.4 Å². The van der Waals surface area contributed by atoms with Crippen LogP contribution < -0.4 is 0 Å². The lowest BCUT2D eigenvalue weighted by Gasteiger charge is -2.28. The molecule has 8 heteroatoms. The van der Waals surface area contributed by atoms with Gasteiger partial charge in [-0.25, -0.2) is 9.97 Å². The van der Waals surface area contributed by atoms with Crippen LogP contribution in [0.15, 0.2) is 36.5 Å². The third-order valence-corrected chi connectivity index (χ3v) is 5.50. The molecule has 4 atom stereocenters. The first-order valence-electron chi connectivity index (χ1n) is 9.15. The zero-order valence-electron chi connectivity index (χ0n) is 15.8. The Kier molecular flexibility index (Phi) is 6.02. The van der Waals surface area contributed by atoms with Gasteiger partial charge in [0.1, 0.15) is 0 Å². The van der Waals surface area contributed by atoms with E-state index in [1.54, 1.807) is 12.1 Å². The summed E-state index contributed by atoms with van der Waals surface area (Å²) in [6.07, 6.45) is -2.43. The highest BCUT2D eigenvalue weighted by atomic mass is 19.4. The lowest BCUT2D eigenvalue weighted by molar-refractivity contribution is -0.137. The van der Waals surface area contributed by atoms with Crippen LogP contribution in [0.1, 0.15) is 17.7 Å². The van der Waals surface area contributed by atoms with Crippen LogP contribution in [0.2, 0.25) is 0 Å². The maximum absolute atomic E-state index is 13.0. The Labute approximate surface area is 161 Å². The molecule has 1 aromatic carbocycles. The molecule has 0 unspecified atom stereocenters. The van der Waals surface area contributed by atoms with E-state index in [-0.39, 0.29) is 30.3 Å². The summed E-state index contributed by atoms with van der Waals surface area (Å²) < 4.78 is 38.9. The van der Waals surface area contributed by atoms with Crippen LogP contribution in [0.3, 0.4) is 0 Å². The molecule has 1 aliphatic rings. The van der Waals surface area contributed by atoms with Gasteiger partial charge in [-0.15, -0.1) is 0 Å². The van der Waals surface area contributed by atoms with Crippen LogP contribution in [0, 0.1) is 11.8 Å². The molecule has 0 saturated heterocycles. The van der Waals surface area contributed by atoms with Gasteiger partial charge in [0, 0.05) is 36.0 Å². The van der Waals surface area contributed by atoms with Crippen LogP contribution >= 0.6 is 0 Å². The molecular formula is C20H24F3N3O2. The van der Waals surface area contributed by atoms with Crippen molar-refractivity contribution in [2.75, 3.05) is 20.7 Å². The lowest BCUT2D eigenvalue weighted by atomic mass is 9.88. The summed E-state index contributed by atoms with van der Waals surface area (Å²) in [6, 6.07) is 6.75. The topological polar surface area (TPSA) is 69.5 Å². The number of benzene rings is 1. The van der Waals surface area contributed by atoms with Crippen molar-refractivity contribution in [3.8, 4) is 11.4 Å². The third kappa shape index (κ3) is 4.34. The fraction of sp³-hybridized carbons (Fsp3) is 0.500. The van der Waals surface area contributed by atoms with E-state index in [1.807, 2.05) is 19.0 Å². The van der Waals surface area contributed by atoms with Crippen LogP contribution in [-0.2, 0) is 12.6 Å². The monoisotopic (exact) mass is 395 g/mol. The fourth-order valence-corrected chi connectivity index (χ4v) is 4.03. The molecular weight excluding hydrogens is 371 g/mol. The summed E-state index contributed by atoms with van der Waals surface area (Å²) in [5, 5.41) is 20.0. The molecule has 1 aliphatic carbocycles. The maximum Gasteiger partial charge on any atom is 0.416 e. The van der Waals surface area contributed by atoms with Crippen molar-refractivity contribution >= 4 is 0 Å². The van der Waals surface area contributed by atoms with Gasteiger partial charge in [0.15, 0.2) is 5.82 Å². The van der Waals surface area contributed by atoms with Gasteiger partial charge in [-0.2, -0.15) is 13.2 Å². The molecule has 28 heavy (non-hydrogen) atoms. The van der Waals surface area contributed by atoms with Crippen molar-refractivity contribution in [2.24, 2.45) is 11.8 Å². The molecule has 1 fully saturated rings. The average molecular weight is 395 g/mol. The number of aliphatic hydroxyl groups excluding tert-OH is 2. The number of hydrogen-bond acceptors (Lipinski definition) is 5. The number of hydrogen-bond donors (Lipinski definition) is 2. The Morgan fingerprint density at radius 2 is 1.93 bits per heavy atom. The van der Waals surface area contributed by atoms with Crippen molar-refractivity contribution in [2.45, 2.75) is 31.2 Å². The second-order valence-electron chi connectivity index (χ2n) is 7.50. The molecule has 1 heterocycles. The van der Waals surface area contributed by atoms with Crippen molar-refractivity contribution in [3.05, 3.63) is 47.8 Å². The molecule has 0 spiro atoms. The highest BCUT2D eigenvalue weighted by Gasteiger charge is 2.43. The Morgan fingerprint density at radius 1 is 1.18 bits per heavy atom. The van der Waals surface area contributed by atoms with Gasteiger partial charge < -0.3 is 15.1 Å². The zero-order valence-corrected chi connectivity index (χ0v) is 15.8. The number of halogens is 3. The predicted octanol–water partition coefficient (Wildman–Crippen LogP) is 2.62. The molecule has 0 bridgehead atoms. The van der Waals surface area contributed by atoms with E-state index in [0.29, 0.717) is 24.1 Å². The van der Waals surface area contributed by atoms with Crippen molar-refractivity contribution in [1.82, 2.24) is 14.9 Å². The minimum absolute atomic E-state index is 0.0146. The fourth-order valence-electron chi connectivity index (χ4n) is 4.03. The Balaban J connectivity index is 1.87. The number of nitrogens with zero attached hydrogens (tertiary/aromatic N) is 3. The number of rotatable bonds is 5. The van der Waals surface area contributed by atoms with E-state index in [2.05, 4.69) is 9.97 Å². The highest BCUT2D eigenvalue weighted by molar-refractivity contribution is 5.56. The van der Waals surface area contributed by atoms with Crippen molar-refractivity contribution in [3.63, 3.8) is 0 Å². The van der Waals surface area contributed by atoms with Gasteiger partial charge in [-0.3, -0.25) is 0 Å². The molecule has 2 N–H and O–H groups in total. The minimum Gasteiger partial charge on any atom is -0.396 e. The van der Waals surface area contributed by atoms with Gasteiger partial charge >= 0.3 is 6.18 Å². The van der Waals surface area contributed by atoms with E-state index >= 15 is 0 Å². The predicted molar refractivity (Wildman–Crippen MR) is 98.3 cm³/mol. The third-order valence-electron chi connectivity index (χ3n) is 5.50. The molecule has 0 aliphatic heterocycles. The van der Waals surface area contributed by atoms with E-state index < -0.39 is 17.8 Å². The molecule has 0 amide bonds.